The molecule has 1 aliphatic rings. The van der Waals surface area contributed by atoms with Crippen LogP contribution in [0.25, 0.3) is 0 Å². The van der Waals surface area contributed by atoms with Crippen LogP contribution in [0.5, 0.6) is 0 Å². The molecule has 0 atom stereocenters. The van der Waals surface area contributed by atoms with Gasteiger partial charge in [0.25, 0.3) is 0 Å². The van der Waals surface area contributed by atoms with E-state index in [2.05, 4.69) is 0 Å². The fourth-order valence-corrected chi connectivity index (χ4v) is 4.04. The third-order valence-corrected chi connectivity index (χ3v) is 5.23. The third kappa shape index (κ3) is 3.55. The van der Waals surface area contributed by atoms with E-state index >= 15 is 0 Å². The monoisotopic (exact) mass is 278 g/mol. The summed E-state index contributed by atoms with van der Waals surface area (Å²) in [6.45, 7) is 2.23. The summed E-state index contributed by atoms with van der Waals surface area (Å²) in [5, 5.41) is 8.65. The maximum atomic E-state index is 12.5. The highest BCUT2D eigenvalue weighted by Crippen LogP contribution is 2.30. The summed E-state index contributed by atoms with van der Waals surface area (Å²) in [5.41, 5.74) is 1.83. The lowest BCUT2D eigenvalue weighted by molar-refractivity contribution is 0.410. The normalized spacial score (nSPS) is 15.4. The Morgan fingerprint density at radius 1 is 1.37 bits per heavy atom. The molecule has 5 heteroatoms. The van der Waals surface area contributed by atoms with Crippen LogP contribution in [0.2, 0.25) is 0 Å². The molecular formula is C14H18N2O2S. The molecule has 1 saturated carbocycles. The first-order valence-electron chi connectivity index (χ1n) is 6.45. The SMILES string of the molecule is Cc1ccccc1CS(=O)(=O)N(CCC#N)C1CC1. The van der Waals surface area contributed by atoms with E-state index in [-0.39, 0.29) is 18.2 Å². The minimum atomic E-state index is -3.32. The van der Waals surface area contributed by atoms with E-state index in [1.54, 1.807) is 0 Å². The Kier molecular flexibility index (Phi) is 4.23. The van der Waals surface area contributed by atoms with E-state index < -0.39 is 10.0 Å². The fourth-order valence-electron chi connectivity index (χ4n) is 2.12. The molecule has 0 heterocycles. The highest BCUT2D eigenvalue weighted by atomic mass is 32.2. The van der Waals surface area contributed by atoms with Gasteiger partial charge in [0.15, 0.2) is 0 Å². The van der Waals surface area contributed by atoms with Gasteiger partial charge in [-0.3, -0.25) is 0 Å². The predicted octanol–water partition coefficient (Wildman–Crippen LogP) is 2.20. The van der Waals surface area contributed by atoms with Gasteiger partial charge in [0, 0.05) is 19.0 Å². The van der Waals surface area contributed by atoms with E-state index in [0.717, 1.165) is 24.0 Å². The Balaban J connectivity index is 2.16. The van der Waals surface area contributed by atoms with Gasteiger partial charge in [-0.15, -0.1) is 0 Å². The van der Waals surface area contributed by atoms with Crippen molar-refractivity contribution in [2.75, 3.05) is 6.54 Å². The lowest BCUT2D eigenvalue weighted by Crippen LogP contribution is -2.35. The first kappa shape index (κ1) is 14.0. The molecule has 0 aliphatic heterocycles. The van der Waals surface area contributed by atoms with E-state index in [0.29, 0.717) is 6.54 Å². The van der Waals surface area contributed by atoms with Crippen LogP contribution in [0.4, 0.5) is 0 Å². The zero-order valence-electron chi connectivity index (χ0n) is 11.0. The van der Waals surface area contributed by atoms with Crippen molar-refractivity contribution in [1.82, 2.24) is 4.31 Å². The standard InChI is InChI=1S/C14H18N2O2S/c1-12-5-2-3-6-13(12)11-19(17,18)16(10-4-9-15)14-7-8-14/h2-3,5-6,14H,4,7-8,10-11H2,1H3. The molecule has 0 bridgehead atoms. The van der Waals surface area contributed by atoms with Gasteiger partial charge >= 0.3 is 0 Å². The van der Waals surface area contributed by atoms with E-state index in [9.17, 15) is 8.42 Å². The molecule has 4 nitrogen and oxygen atoms in total. The number of benzene rings is 1. The number of hydrogen-bond acceptors (Lipinski definition) is 3. The Bertz CT molecular complexity index is 586. The van der Waals surface area contributed by atoms with E-state index in [1.807, 2.05) is 37.3 Å². The topological polar surface area (TPSA) is 61.2 Å². The van der Waals surface area contributed by atoms with Crippen molar-refractivity contribution < 1.29 is 8.42 Å². The first-order chi connectivity index (χ1) is 9.04. The molecule has 19 heavy (non-hydrogen) atoms. The van der Waals surface area contributed by atoms with Crippen molar-refractivity contribution in [1.29, 1.82) is 5.26 Å². The summed E-state index contributed by atoms with van der Waals surface area (Å²) in [6, 6.07) is 9.66. The van der Waals surface area contributed by atoms with Crippen LogP contribution in [0, 0.1) is 18.3 Å². The Labute approximate surface area is 114 Å². The molecule has 1 aromatic carbocycles. The van der Waals surface area contributed by atoms with Crippen molar-refractivity contribution >= 4 is 10.0 Å². The number of aryl methyl sites for hydroxylation is 1. The first-order valence-corrected chi connectivity index (χ1v) is 8.06. The van der Waals surface area contributed by atoms with Crippen LogP contribution >= 0.6 is 0 Å². The van der Waals surface area contributed by atoms with Crippen molar-refractivity contribution in [3.63, 3.8) is 0 Å². The van der Waals surface area contributed by atoms with Crippen LogP contribution in [0.3, 0.4) is 0 Å². The van der Waals surface area contributed by atoms with Crippen LogP contribution in [0.15, 0.2) is 24.3 Å². The maximum Gasteiger partial charge on any atom is 0.218 e. The average molecular weight is 278 g/mol. The zero-order valence-corrected chi connectivity index (χ0v) is 11.9. The van der Waals surface area contributed by atoms with Gasteiger partial charge < -0.3 is 0 Å². The third-order valence-electron chi connectivity index (χ3n) is 3.35. The summed E-state index contributed by atoms with van der Waals surface area (Å²) in [6.07, 6.45) is 2.08. The molecule has 2 rings (SSSR count). The smallest absolute Gasteiger partial charge is 0.212 e. The zero-order chi connectivity index (χ0) is 13.9. The fraction of sp³-hybridized carbons (Fsp3) is 0.500. The minimum absolute atomic E-state index is 0.0294. The number of sulfonamides is 1. The molecule has 0 N–H and O–H groups in total. The van der Waals surface area contributed by atoms with Crippen molar-refractivity contribution in [2.24, 2.45) is 0 Å². The summed E-state index contributed by atoms with van der Waals surface area (Å²) < 4.78 is 26.4. The Morgan fingerprint density at radius 2 is 2.05 bits per heavy atom. The van der Waals surface area contributed by atoms with Crippen molar-refractivity contribution in [2.45, 2.75) is 38.0 Å². The molecule has 1 aliphatic carbocycles. The van der Waals surface area contributed by atoms with Gasteiger partial charge in [-0.05, 0) is 30.9 Å². The molecule has 0 amide bonds. The van der Waals surface area contributed by atoms with Crippen LogP contribution in [-0.4, -0.2) is 25.3 Å². The number of hydrogen-bond donors (Lipinski definition) is 0. The number of rotatable bonds is 6. The maximum absolute atomic E-state index is 12.5. The minimum Gasteiger partial charge on any atom is -0.212 e. The molecule has 0 spiro atoms. The van der Waals surface area contributed by atoms with E-state index in [1.165, 1.54) is 4.31 Å². The van der Waals surface area contributed by atoms with Gasteiger partial charge in [-0.25, -0.2) is 8.42 Å². The Morgan fingerprint density at radius 3 is 2.63 bits per heavy atom. The molecular weight excluding hydrogens is 260 g/mol. The number of nitrogens with zero attached hydrogens (tertiary/aromatic N) is 2. The lowest BCUT2D eigenvalue weighted by atomic mass is 10.1. The van der Waals surface area contributed by atoms with E-state index in [4.69, 9.17) is 5.26 Å². The van der Waals surface area contributed by atoms with Crippen LogP contribution in [-0.2, 0) is 15.8 Å². The summed E-state index contributed by atoms with van der Waals surface area (Å²) in [7, 11) is -3.32. The Hall–Kier alpha value is -1.38. The largest absolute Gasteiger partial charge is 0.218 e. The van der Waals surface area contributed by atoms with Gasteiger partial charge in [0.2, 0.25) is 10.0 Å². The lowest BCUT2D eigenvalue weighted by Gasteiger charge is -2.21. The molecule has 102 valence electrons. The van der Waals surface area contributed by atoms with Crippen LogP contribution in [0.1, 0.15) is 30.4 Å². The van der Waals surface area contributed by atoms with Gasteiger partial charge in [-0.2, -0.15) is 9.57 Å². The average Bonchev–Trinajstić information content (AvgIpc) is 3.16. The highest BCUT2D eigenvalue weighted by Gasteiger charge is 2.36. The predicted molar refractivity (Wildman–Crippen MR) is 73.8 cm³/mol. The second-order valence-corrected chi connectivity index (χ2v) is 6.85. The van der Waals surface area contributed by atoms with Crippen LogP contribution < -0.4 is 0 Å². The quantitative estimate of drug-likeness (QED) is 0.801. The summed E-state index contributed by atoms with van der Waals surface area (Å²) in [5.74, 6) is 0.0294. The molecule has 0 aromatic heterocycles. The summed E-state index contributed by atoms with van der Waals surface area (Å²) in [4.78, 5) is 0. The van der Waals surface area contributed by atoms with Gasteiger partial charge in [0.05, 0.1) is 11.8 Å². The van der Waals surface area contributed by atoms with Gasteiger partial charge in [0.1, 0.15) is 0 Å². The van der Waals surface area contributed by atoms with Crippen molar-refractivity contribution in [3.05, 3.63) is 35.4 Å². The second kappa shape index (κ2) is 5.72. The molecule has 0 saturated heterocycles. The highest BCUT2D eigenvalue weighted by molar-refractivity contribution is 7.88. The second-order valence-electron chi connectivity index (χ2n) is 4.93. The van der Waals surface area contributed by atoms with Gasteiger partial charge in [-0.1, -0.05) is 24.3 Å². The molecule has 1 aromatic rings. The summed E-state index contributed by atoms with van der Waals surface area (Å²) >= 11 is 0. The molecule has 0 unspecified atom stereocenters. The molecule has 0 radical (unpaired) electrons. The number of nitriles is 1. The molecule has 1 fully saturated rings. The van der Waals surface area contributed by atoms with Crippen molar-refractivity contribution in [3.8, 4) is 6.07 Å².